The number of carbonyl (C=O) groups excluding carboxylic acids is 3. The van der Waals surface area contributed by atoms with Gasteiger partial charge in [-0.1, -0.05) is 30.3 Å². The van der Waals surface area contributed by atoms with E-state index in [4.69, 9.17) is 4.74 Å². The molecule has 15 heteroatoms. The summed E-state index contributed by atoms with van der Waals surface area (Å²) in [6.07, 6.45) is -7.06. The highest BCUT2D eigenvalue weighted by Crippen LogP contribution is 2.23. The number of carbonyl (C=O) groups is 3. The quantitative estimate of drug-likeness (QED) is 0.190. The number of rotatable bonds is 12. The molecule has 2 atom stereocenters. The third-order valence-corrected chi connectivity index (χ3v) is 5.85. The summed E-state index contributed by atoms with van der Waals surface area (Å²) in [4.78, 5) is 39.5. The fourth-order valence-electron chi connectivity index (χ4n) is 3.67. The molecule has 3 rings (SSSR count). The minimum Gasteiger partial charge on any atom is -0.491 e. The first-order valence-electron chi connectivity index (χ1n) is 13.1. The molecule has 0 unspecified atom stereocenters. The molecule has 44 heavy (non-hydrogen) atoms. The molecule has 0 aliphatic heterocycles. The summed E-state index contributed by atoms with van der Waals surface area (Å²) in [5, 5.41) is 28.2. The van der Waals surface area contributed by atoms with E-state index in [-0.39, 0.29) is 42.2 Å². The molecule has 0 heterocycles. The molecule has 0 aliphatic rings. The lowest BCUT2D eigenvalue weighted by molar-refractivity contribution is -0.200. The monoisotopic (exact) mass is 620 g/mol. The van der Waals surface area contributed by atoms with Crippen LogP contribution in [0, 0.1) is 0 Å². The Hall–Kier alpha value is -4.86. The largest absolute Gasteiger partial charge is 0.493 e. The van der Waals surface area contributed by atoms with Crippen LogP contribution >= 0.6 is 0 Å². The van der Waals surface area contributed by atoms with E-state index < -0.39 is 30.4 Å². The maximum Gasteiger partial charge on any atom is 0.493 e. The molecule has 12 nitrogen and oxygen atoms in total. The van der Waals surface area contributed by atoms with Crippen molar-refractivity contribution in [2.75, 3.05) is 42.6 Å². The van der Waals surface area contributed by atoms with Gasteiger partial charge >= 0.3 is 24.3 Å². The number of aliphatic hydroxyl groups excluding tert-OH is 2. The lowest BCUT2D eigenvalue weighted by Gasteiger charge is -2.20. The molecule has 3 aromatic carbocycles. The Morgan fingerprint density at radius 3 is 2.05 bits per heavy atom. The van der Waals surface area contributed by atoms with Crippen molar-refractivity contribution < 1.29 is 52.1 Å². The highest BCUT2D eigenvalue weighted by molar-refractivity contribution is 6.00. The second-order valence-electron chi connectivity index (χ2n) is 9.23. The van der Waals surface area contributed by atoms with Gasteiger partial charge in [0.15, 0.2) is 0 Å². The van der Waals surface area contributed by atoms with Gasteiger partial charge in [-0.2, -0.15) is 13.2 Å². The van der Waals surface area contributed by atoms with E-state index in [1.807, 2.05) is 18.2 Å². The number of para-hydroxylation sites is 1. The van der Waals surface area contributed by atoms with E-state index >= 15 is 0 Å². The Morgan fingerprint density at radius 2 is 1.50 bits per heavy atom. The summed E-state index contributed by atoms with van der Waals surface area (Å²) < 4.78 is 47.6. The lowest BCUT2D eigenvalue weighted by Crippen LogP contribution is -2.41. The van der Waals surface area contributed by atoms with Crippen LogP contribution in [0.3, 0.4) is 0 Å². The molecule has 5 N–H and O–H groups in total. The number of methoxy groups -OCH3 is 1. The van der Waals surface area contributed by atoms with E-state index in [2.05, 4.69) is 25.5 Å². The molecule has 0 saturated heterocycles. The second kappa shape index (κ2) is 16.1. The van der Waals surface area contributed by atoms with E-state index in [9.17, 15) is 37.8 Å². The molecule has 0 fully saturated rings. The number of hydrogen-bond donors (Lipinski definition) is 5. The number of amides is 3. The van der Waals surface area contributed by atoms with E-state index in [0.29, 0.717) is 17.9 Å². The van der Waals surface area contributed by atoms with Crippen LogP contribution in [0.15, 0.2) is 78.9 Å². The van der Waals surface area contributed by atoms with Gasteiger partial charge in [0.05, 0.1) is 19.4 Å². The maximum atomic E-state index is 12.6. The molecular formula is C29H31F3N4O8. The molecule has 3 aromatic rings. The number of anilines is 3. The average Bonchev–Trinajstić information content (AvgIpc) is 3.01. The standard InChI is InChI=1S/C29H31F3N4O8/c1-42-28(41)36(44-26(39)29(30,31)32)23-13-11-21(12-14-23)35-27(40)34-20-9-7-19(8-10-20)15-22(17-37)33-16-24(38)18-43-25-5-3-2-4-6-25/h2-14,22,24,33,37-38H,15-18H2,1H3,(H2,34,35,40)/t22-,24-/m0/s1. The predicted molar refractivity (Wildman–Crippen MR) is 153 cm³/mol. The smallest absolute Gasteiger partial charge is 0.491 e. The molecule has 0 bridgehead atoms. The Labute approximate surface area is 250 Å². The number of nitrogens with zero attached hydrogens (tertiary/aromatic N) is 1. The normalized spacial score (nSPS) is 12.4. The SMILES string of the molecule is COC(=O)N(OC(=O)C(F)(F)F)c1ccc(NC(=O)Nc2ccc(C[C@@H](CO)NC[C@H](O)COc3ccccc3)cc2)cc1. The number of halogens is 3. The fourth-order valence-corrected chi connectivity index (χ4v) is 3.67. The number of hydroxylamine groups is 1. The van der Waals surface area contributed by atoms with Crippen LogP contribution in [0.4, 0.5) is 39.8 Å². The zero-order chi connectivity index (χ0) is 32.1. The van der Waals surface area contributed by atoms with Crippen molar-refractivity contribution in [2.45, 2.75) is 24.7 Å². The molecular weight excluding hydrogens is 589 g/mol. The number of aliphatic hydroxyl groups is 2. The Balaban J connectivity index is 1.48. The van der Waals surface area contributed by atoms with Gasteiger partial charge in [0, 0.05) is 24.0 Å². The Kier molecular flexibility index (Phi) is 12.3. The van der Waals surface area contributed by atoms with Crippen LogP contribution in [-0.4, -0.2) is 73.5 Å². The Morgan fingerprint density at radius 1 is 0.909 bits per heavy atom. The molecule has 3 amide bonds. The van der Waals surface area contributed by atoms with Gasteiger partial charge in [-0.25, -0.2) is 14.4 Å². The van der Waals surface area contributed by atoms with E-state index in [1.54, 1.807) is 36.4 Å². The first-order valence-corrected chi connectivity index (χ1v) is 13.1. The first kappa shape index (κ1) is 33.6. The van der Waals surface area contributed by atoms with Crippen LogP contribution < -0.4 is 25.8 Å². The topological polar surface area (TPSA) is 159 Å². The molecule has 236 valence electrons. The number of benzene rings is 3. The van der Waals surface area contributed by atoms with Crippen molar-refractivity contribution in [2.24, 2.45) is 0 Å². The van der Waals surface area contributed by atoms with Gasteiger partial charge in [0.1, 0.15) is 18.5 Å². The second-order valence-corrected chi connectivity index (χ2v) is 9.23. The van der Waals surface area contributed by atoms with E-state index in [1.165, 1.54) is 12.1 Å². The van der Waals surface area contributed by atoms with Crippen LogP contribution in [0.2, 0.25) is 0 Å². The van der Waals surface area contributed by atoms with Crippen LogP contribution in [-0.2, 0) is 20.8 Å². The van der Waals surface area contributed by atoms with Gasteiger partial charge in [-0.15, -0.1) is 5.06 Å². The van der Waals surface area contributed by atoms with Gasteiger partial charge in [0.2, 0.25) is 0 Å². The first-order chi connectivity index (χ1) is 21.0. The summed E-state index contributed by atoms with van der Waals surface area (Å²) in [7, 11) is 0.891. The number of ether oxygens (including phenoxy) is 2. The number of hydrogen-bond acceptors (Lipinski definition) is 9. The molecule has 0 spiro atoms. The van der Waals surface area contributed by atoms with Gasteiger partial charge < -0.3 is 40.5 Å². The predicted octanol–water partition coefficient (Wildman–Crippen LogP) is 3.86. The van der Waals surface area contributed by atoms with Crippen molar-refractivity contribution >= 4 is 35.2 Å². The van der Waals surface area contributed by atoms with E-state index in [0.717, 1.165) is 24.8 Å². The van der Waals surface area contributed by atoms with Gasteiger partial charge in [-0.05, 0) is 60.5 Å². The Bertz CT molecular complexity index is 1360. The third-order valence-electron chi connectivity index (χ3n) is 5.85. The van der Waals surface area contributed by atoms with Crippen molar-refractivity contribution in [3.8, 4) is 5.75 Å². The van der Waals surface area contributed by atoms with Crippen molar-refractivity contribution in [1.29, 1.82) is 0 Å². The van der Waals surface area contributed by atoms with Crippen LogP contribution in [0.5, 0.6) is 5.75 Å². The van der Waals surface area contributed by atoms with Gasteiger partial charge in [-0.3, -0.25) is 0 Å². The highest BCUT2D eigenvalue weighted by Gasteiger charge is 2.44. The maximum absolute atomic E-state index is 12.6. The number of nitrogens with one attached hydrogen (secondary N) is 3. The summed E-state index contributed by atoms with van der Waals surface area (Å²) >= 11 is 0. The number of alkyl halides is 3. The molecule has 0 aromatic heterocycles. The van der Waals surface area contributed by atoms with Gasteiger partial charge in [0.25, 0.3) is 0 Å². The fraction of sp³-hybridized carbons (Fsp3) is 0.276. The minimum atomic E-state index is -5.34. The van der Waals surface area contributed by atoms with Crippen molar-refractivity contribution in [1.82, 2.24) is 5.32 Å². The van der Waals surface area contributed by atoms with Crippen LogP contribution in [0.1, 0.15) is 5.56 Å². The molecule has 0 radical (unpaired) electrons. The van der Waals surface area contributed by atoms with Crippen LogP contribution in [0.25, 0.3) is 0 Å². The molecule has 0 aliphatic carbocycles. The summed E-state index contributed by atoms with van der Waals surface area (Å²) in [6.45, 7) is 0.124. The van der Waals surface area contributed by atoms with Crippen molar-refractivity contribution in [3.05, 3.63) is 84.4 Å². The average molecular weight is 621 g/mol. The zero-order valence-corrected chi connectivity index (χ0v) is 23.4. The van der Waals surface area contributed by atoms with Crippen molar-refractivity contribution in [3.63, 3.8) is 0 Å². The highest BCUT2D eigenvalue weighted by atomic mass is 19.4. The summed E-state index contributed by atoms with van der Waals surface area (Å²) in [5.74, 6) is -1.98. The summed E-state index contributed by atoms with van der Waals surface area (Å²) in [5.41, 5.74) is 1.25. The number of urea groups is 1. The minimum absolute atomic E-state index is 0.0285. The lowest BCUT2D eigenvalue weighted by atomic mass is 10.1. The summed E-state index contributed by atoms with van der Waals surface area (Å²) in [6, 6.07) is 19.7. The third kappa shape index (κ3) is 10.8. The zero-order valence-electron chi connectivity index (χ0n) is 23.4. The molecule has 0 saturated carbocycles.